The molecule has 0 aliphatic carbocycles. The molecule has 2 rings (SSSR count). The van der Waals surface area contributed by atoms with Crippen molar-refractivity contribution in [3.05, 3.63) is 29.8 Å². The lowest BCUT2D eigenvalue weighted by molar-refractivity contribution is -0.118. The van der Waals surface area contributed by atoms with E-state index in [1.807, 2.05) is 17.0 Å². The molecule has 98 valence electrons. The lowest BCUT2D eigenvalue weighted by Gasteiger charge is -2.30. The number of amides is 1. The van der Waals surface area contributed by atoms with Crippen LogP contribution in [0.25, 0.3) is 0 Å². The molecule has 3 nitrogen and oxygen atoms in total. The number of para-hydroxylation sites is 1. The Balaban J connectivity index is 2.04. The van der Waals surface area contributed by atoms with E-state index in [4.69, 9.17) is 0 Å². The van der Waals surface area contributed by atoms with Crippen LogP contribution in [0.1, 0.15) is 32.3 Å². The van der Waals surface area contributed by atoms with E-state index in [1.54, 1.807) is 0 Å². The molecule has 0 fully saturated rings. The van der Waals surface area contributed by atoms with Gasteiger partial charge in [-0.2, -0.15) is 0 Å². The molecule has 1 heterocycles. The van der Waals surface area contributed by atoms with Crippen LogP contribution in [-0.4, -0.2) is 25.0 Å². The molecule has 18 heavy (non-hydrogen) atoms. The van der Waals surface area contributed by atoms with E-state index in [0.29, 0.717) is 12.6 Å². The Bertz CT molecular complexity index is 417. The van der Waals surface area contributed by atoms with Gasteiger partial charge in [-0.1, -0.05) is 25.1 Å². The van der Waals surface area contributed by atoms with E-state index >= 15 is 0 Å². The van der Waals surface area contributed by atoms with Gasteiger partial charge in [0.2, 0.25) is 5.91 Å². The lowest BCUT2D eigenvalue weighted by Crippen LogP contribution is -2.43. The van der Waals surface area contributed by atoms with Crippen LogP contribution in [0.5, 0.6) is 0 Å². The van der Waals surface area contributed by atoms with Crippen LogP contribution in [0.3, 0.4) is 0 Å². The predicted molar refractivity (Wildman–Crippen MR) is 74.9 cm³/mol. The largest absolute Gasteiger partial charge is 0.311 e. The normalized spacial score (nSPS) is 16.2. The van der Waals surface area contributed by atoms with Gasteiger partial charge in [-0.15, -0.1) is 0 Å². The first kappa shape index (κ1) is 13.1. The standard InChI is InChI=1S/C15H22N2O/c1-3-12(2)16-11-15(18)17-10-6-8-13-7-4-5-9-14(13)17/h4-5,7,9,12,16H,3,6,8,10-11H2,1-2H3. The topological polar surface area (TPSA) is 32.3 Å². The van der Waals surface area contributed by atoms with E-state index in [0.717, 1.165) is 31.5 Å². The summed E-state index contributed by atoms with van der Waals surface area (Å²) in [6.07, 6.45) is 3.19. The first-order valence-electron chi connectivity index (χ1n) is 6.84. The van der Waals surface area contributed by atoms with Gasteiger partial charge in [-0.3, -0.25) is 4.79 Å². The third-order valence-electron chi connectivity index (χ3n) is 3.63. The van der Waals surface area contributed by atoms with E-state index in [2.05, 4.69) is 31.3 Å². The molecule has 1 aromatic carbocycles. The molecule has 1 unspecified atom stereocenters. The van der Waals surface area contributed by atoms with Gasteiger partial charge >= 0.3 is 0 Å². The van der Waals surface area contributed by atoms with E-state index in [-0.39, 0.29) is 5.91 Å². The first-order chi connectivity index (χ1) is 8.72. The zero-order valence-electron chi connectivity index (χ0n) is 11.3. The predicted octanol–water partition coefficient (Wildman–Crippen LogP) is 2.35. The Morgan fingerprint density at radius 1 is 1.44 bits per heavy atom. The Hall–Kier alpha value is -1.35. The number of nitrogens with zero attached hydrogens (tertiary/aromatic N) is 1. The second kappa shape index (κ2) is 6.01. The molecule has 1 aromatic rings. The molecule has 1 N–H and O–H groups in total. The fourth-order valence-corrected chi connectivity index (χ4v) is 2.29. The number of nitrogens with one attached hydrogen (secondary N) is 1. The zero-order chi connectivity index (χ0) is 13.0. The number of aryl methyl sites for hydroxylation is 1. The SMILES string of the molecule is CCC(C)NCC(=O)N1CCCc2ccccc21. The van der Waals surface area contributed by atoms with Crippen molar-refractivity contribution in [3.63, 3.8) is 0 Å². The van der Waals surface area contributed by atoms with Gasteiger partial charge in [0.15, 0.2) is 0 Å². The highest BCUT2D eigenvalue weighted by molar-refractivity contribution is 5.95. The third-order valence-corrected chi connectivity index (χ3v) is 3.63. The van der Waals surface area contributed by atoms with Crippen LogP contribution in [-0.2, 0) is 11.2 Å². The average Bonchev–Trinajstić information content (AvgIpc) is 2.43. The van der Waals surface area contributed by atoms with Crippen LogP contribution in [0.15, 0.2) is 24.3 Å². The molecule has 0 radical (unpaired) electrons. The van der Waals surface area contributed by atoms with Crippen molar-refractivity contribution in [1.82, 2.24) is 5.32 Å². The van der Waals surface area contributed by atoms with E-state index < -0.39 is 0 Å². The maximum absolute atomic E-state index is 12.2. The molecule has 1 amide bonds. The van der Waals surface area contributed by atoms with Crippen molar-refractivity contribution in [2.45, 2.75) is 39.2 Å². The Morgan fingerprint density at radius 2 is 2.22 bits per heavy atom. The Kier molecular flexibility index (Phi) is 4.37. The fraction of sp³-hybridized carbons (Fsp3) is 0.533. The summed E-state index contributed by atoms with van der Waals surface area (Å²) < 4.78 is 0. The van der Waals surface area contributed by atoms with Crippen LogP contribution >= 0.6 is 0 Å². The summed E-state index contributed by atoms with van der Waals surface area (Å²) in [7, 11) is 0. The average molecular weight is 246 g/mol. The second-order valence-electron chi connectivity index (χ2n) is 4.97. The molecular formula is C15H22N2O. The van der Waals surface area contributed by atoms with Crippen LogP contribution < -0.4 is 10.2 Å². The van der Waals surface area contributed by atoms with Crippen LogP contribution in [0.4, 0.5) is 5.69 Å². The van der Waals surface area contributed by atoms with Crippen LogP contribution in [0, 0.1) is 0 Å². The number of carbonyl (C=O) groups excluding carboxylic acids is 1. The zero-order valence-corrected chi connectivity index (χ0v) is 11.3. The minimum atomic E-state index is 0.183. The Labute approximate surface area is 109 Å². The highest BCUT2D eigenvalue weighted by atomic mass is 16.2. The van der Waals surface area contributed by atoms with Gasteiger partial charge in [0.05, 0.1) is 6.54 Å². The second-order valence-corrected chi connectivity index (χ2v) is 4.97. The summed E-state index contributed by atoms with van der Waals surface area (Å²) >= 11 is 0. The smallest absolute Gasteiger partial charge is 0.240 e. The molecule has 0 saturated carbocycles. The van der Waals surface area contributed by atoms with E-state index in [1.165, 1.54) is 5.56 Å². The quantitative estimate of drug-likeness (QED) is 0.884. The number of rotatable bonds is 4. The summed E-state index contributed by atoms with van der Waals surface area (Å²) in [6, 6.07) is 8.62. The highest BCUT2D eigenvalue weighted by Crippen LogP contribution is 2.26. The van der Waals surface area contributed by atoms with Gasteiger partial charge in [-0.05, 0) is 37.8 Å². The maximum atomic E-state index is 12.2. The van der Waals surface area contributed by atoms with Crippen molar-refractivity contribution in [2.75, 3.05) is 18.0 Å². The number of benzene rings is 1. The summed E-state index contributed by atoms with van der Waals surface area (Å²) in [4.78, 5) is 14.2. The molecule has 0 saturated heterocycles. The summed E-state index contributed by atoms with van der Waals surface area (Å²) in [5, 5.41) is 3.27. The number of anilines is 1. The Morgan fingerprint density at radius 3 is 3.00 bits per heavy atom. The molecule has 1 aliphatic heterocycles. The van der Waals surface area contributed by atoms with Crippen molar-refractivity contribution >= 4 is 11.6 Å². The number of hydrogen-bond donors (Lipinski definition) is 1. The lowest BCUT2D eigenvalue weighted by atomic mass is 10.0. The molecule has 0 spiro atoms. The third kappa shape index (κ3) is 2.91. The number of carbonyl (C=O) groups is 1. The molecule has 1 atom stereocenters. The maximum Gasteiger partial charge on any atom is 0.240 e. The van der Waals surface area contributed by atoms with Gasteiger partial charge in [0, 0.05) is 18.3 Å². The fourth-order valence-electron chi connectivity index (χ4n) is 2.29. The van der Waals surface area contributed by atoms with Gasteiger partial charge < -0.3 is 10.2 Å². The molecule has 0 aromatic heterocycles. The molecule has 0 bridgehead atoms. The van der Waals surface area contributed by atoms with Crippen LogP contribution in [0.2, 0.25) is 0 Å². The monoisotopic (exact) mass is 246 g/mol. The summed E-state index contributed by atoms with van der Waals surface area (Å²) in [5.41, 5.74) is 2.39. The minimum absolute atomic E-state index is 0.183. The summed E-state index contributed by atoms with van der Waals surface area (Å²) in [5.74, 6) is 0.183. The van der Waals surface area contributed by atoms with Gasteiger partial charge in [0.25, 0.3) is 0 Å². The van der Waals surface area contributed by atoms with Gasteiger partial charge in [-0.25, -0.2) is 0 Å². The van der Waals surface area contributed by atoms with Crippen molar-refractivity contribution in [1.29, 1.82) is 0 Å². The molecular weight excluding hydrogens is 224 g/mol. The van der Waals surface area contributed by atoms with Crippen molar-refractivity contribution in [3.8, 4) is 0 Å². The van der Waals surface area contributed by atoms with Crippen molar-refractivity contribution in [2.24, 2.45) is 0 Å². The molecule has 3 heteroatoms. The first-order valence-corrected chi connectivity index (χ1v) is 6.84. The molecule has 1 aliphatic rings. The van der Waals surface area contributed by atoms with Gasteiger partial charge in [0.1, 0.15) is 0 Å². The van der Waals surface area contributed by atoms with E-state index in [9.17, 15) is 4.79 Å². The number of fused-ring (bicyclic) bond motifs is 1. The summed E-state index contributed by atoms with van der Waals surface area (Å²) in [6.45, 7) is 5.51. The highest BCUT2D eigenvalue weighted by Gasteiger charge is 2.21. The minimum Gasteiger partial charge on any atom is -0.311 e. The van der Waals surface area contributed by atoms with Crippen molar-refractivity contribution < 1.29 is 4.79 Å². The number of hydrogen-bond acceptors (Lipinski definition) is 2.